The second-order valence-corrected chi connectivity index (χ2v) is 7.41. The molecule has 0 saturated heterocycles. The van der Waals surface area contributed by atoms with Crippen LogP contribution in [0.3, 0.4) is 0 Å². The van der Waals surface area contributed by atoms with Crippen LogP contribution in [0.15, 0.2) is 34.2 Å². The molecule has 0 atom stereocenters. The van der Waals surface area contributed by atoms with Gasteiger partial charge in [0.05, 0.1) is 12.0 Å². The molecule has 0 spiro atoms. The number of benzene rings is 1. The molecule has 3 N–H and O–H groups in total. The van der Waals surface area contributed by atoms with Crippen molar-refractivity contribution in [2.45, 2.75) is 32.1 Å². The van der Waals surface area contributed by atoms with E-state index in [4.69, 9.17) is 0 Å². The number of hydrogen-bond donors (Lipinski definition) is 3. The van der Waals surface area contributed by atoms with Crippen LogP contribution in [0.25, 0.3) is 0 Å². The van der Waals surface area contributed by atoms with E-state index in [1.807, 2.05) is 20.8 Å². The van der Waals surface area contributed by atoms with Crippen molar-refractivity contribution in [1.82, 2.24) is 16.0 Å². The van der Waals surface area contributed by atoms with Crippen molar-refractivity contribution in [3.63, 3.8) is 0 Å². The van der Waals surface area contributed by atoms with Crippen molar-refractivity contribution in [2.24, 2.45) is 10.4 Å². The molecule has 0 bridgehead atoms. The van der Waals surface area contributed by atoms with E-state index < -0.39 is 5.41 Å². The molecule has 25 heavy (non-hydrogen) atoms. The Bertz CT molecular complexity index is 561. The number of halogens is 1. The Balaban J connectivity index is 2.38. The van der Waals surface area contributed by atoms with Crippen LogP contribution in [0, 0.1) is 11.2 Å². The van der Waals surface area contributed by atoms with E-state index in [2.05, 4.69) is 20.9 Å². The summed E-state index contributed by atoms with van der Waals surface area (Å²) in [5.74, 6) is 1.41. The second-order valence-electron chi connectivity index (χ2n) is 6.24. The van der Waals surface area contributed by atoms with Crippen LogP contribution in [-0.2, 0) is 4.79 Å². The van der Waals surface area contributed by atoms with Gasteiger partial charge in [0.2, 0.25) is 5.91 Å². The number of thioether (sulfide) groups is 1. The number of carbonyl (C=O) groups is 1. The smallest absolute Gasteiger partial charge is 0.227 e. The van der Waals surface area contributed by atoms with Gasteiger partial charge in [-0.25, -0.2) is 4.39 Å². The Morgan fingerprint density at radius 1 is 1.24 bits per heavy atom. The maximum absolute atomic E-state index is 12.9. The number of nitrogens with zero attached hydrogens (tertiary/aromatic N) is 1. The predicted molar refractivity (Wildman–Crippen MR) is 104 cm³/mol. The maximum atomic E-state index is 12.9. The minimum absolute atomic E-state index is 0.0252. The normalized spacial score (nSPS) is 12.0. The molecule has 0 aromatic heterocycles. The number of carbonyl (C=O) groups excluding carboxylic acids is 1. The number of guanidine groups is 1. The topological polar surface area (TPSA) is 65.5 Å². The highest BCUT2D eigenvalue weighted by Crippen LogP contribution is 2.18. The van der Waals surface area contributed by atoms with E-state index in [1.54, 1.807) is 30.9 Å². The molecule has 1 aromatic rings. The first-order chi connectivity index (χ1) is 11.9. The number of hydrogen-bond acceptors (Lipinski definition) is 3. The third-order valence-corrected chi connectivity index (χ3v) is 4.61. The highest BCUT2D eigenvalue weighted by atomic mass is 32.2. The molecule has 0 saturated carbocycles. The van der Waals surface area contributed by atoms with Gasteiger partial charge >= 0.3 is 0 Å². The molecule has 0 aliphatic rings. The number of amides is 1. The maximum Gasteiger partial charge on any atom is 0.227 e. The van der Waals surface area contributed by atoms with E-state index >= 15 is 0 Å². The third kappa shape index (κ3) is 8.25. The van der Waals surface area contributed by atoms with Gasteiger partial charge in [-0.15, -0.1) is 11.8 Å². The van der Waals surface area contributed by atoms with Gasteiger partial charge in [-0.1, -0.05) is 0 Å². The van der Waals surface area contributed by atoms with Crippen LogP contribution in [0.4, 0.5) is 4.39 Å². The molecule has 5 nitrogen and oxygen atoms in total. The highest BCUT2D eigenvalue weighted by Gasteiger charge is 2.26. The van der Waals surface area contributed by atoms with E-state index in [1.165, 1.54) is 12.1 Å². The summed E-state index contributed by atoms with van der Waals surface area (Å²) in [7, 11) is 1.63. The van der Waals surface area contributed by atoms with Crippen molar-refractivity contribution in [1.29, 1.82) is 0 Å². The van der Waals surface area contributed by atoms with E-state index in [0.29, 0.717) is 12.5 Å². The fraction of sp³-hybridized carbons (Fsp3) is 0.556. The Morgan fingerprint density at radius 3 is 2.52 bits per heavy atom. The fourth-order valence-electron chi connectivity index (χ4n) is 2.03. The van der Waals surface area contributed by atoms with Crippen molar-refractivity contribution < 1.29 is 9.18 Å². The van der Waals surface area contributed by atoms with Crippen LogP contribution in [-0.4, -0.2) is 44.3 Å². The molecule has 1 aromatic carbocycles. The standard InChI is InChI=1S/C18H29FN4OS/c1-5-21-17(23-13-18(2,3)16(24)20-4)22-11-6-12-25-15-9-7-14(19)8-10-15/h7-10H,5-6,11-13H2,1-4H3,(H,20,24)(H2,21,22,23). The first kappa shape index (κ1) is 21.3. The third-order valence-electron chi connectivity index (χ3n) is 3.51. The average molecular weight is 369 g/mol. The summed E-state index contributed by atoms with van der Waals surface area (Å²) in [5, 5.41) is 9.13. The van der Waals surface area contributed by atoms with E-state index in [9.17, 15) is 9.18 Å². The Labute approximate surface area is 154 Å². The van der Waals surface area contributed by atoms with E-state index in [-0.39, 0.29) is 11.7 Å². The zero-order chi connectivity index (χ0) is 18.7. The highest BCUT2D eigenvalue weighted by molar-refractivity contribution is 7.99. The minimum Gasteiger partial charge on any atom is -0.359 e. The molecule has 0 aliphatic heterocycles. The monoisotopic (exact) mass is 368 g/mol. The first-order valence-electron chi connectivity index (χ1n) is 8.51. The van der Waals surface area contributed by atoms with Crippen molar-refractivity contribution >= 4 is 23.6 Å². The molecule has 0 heterocycles. The van der Waals surface area contributed by atoms with Crippen LogP contribution in [0.1, 0.15) is 27.2 Å². The number of nitrogens with one attached hydrogen (secondary N) is 3. The molecule has 1 rings (SSSR count). The lowest BCUT2D eigenvalue weighted by Crippen LogP contribution is -2.41. The van der Waals surface area contributed by atoms with Gasteiger partial charge in [0.15, 0.2) is 5.96 Å². The van der Waals surface area contributed by atoms with Crippen LogP contribution < -0.4 is 16.0 Å². The number of aliphatic imine (C=N–C) groups is 1. The van der Waals surface area contributed by atoms with Crippen LogP contribution >= 0.6 is 11.8 Å². The SMILES string of the molecule is CCNC(=NCC(C)(C)C(=O)NC)NCCCSc1ccc(F)cc1. The molecular weight excluding hydrogens is 339 g/mol. The molecule has 0 radical (unpaired) electrons. The lowest BCUT2D eigenvalue weighted by Gasteiger charge is -2.21. The van der Waals surface area contributed by atoms with Gasteiger partial charge in [0.1, 0.15) is 5.82 Å². The molecule has 7 heteroatoms. The Morgan fingerprint density at radius 2 is 1.92 bits per heavy atom. The van der Waals surface area contributed by atoms with Crippen LogP contribution in [0.5, 0.6) is 0 Å². The van der Waals surface area contributed by atoms with Gasteiger partial charge in [-0.2, -0.15) is 0 Å². The molecule has 1 amide bonds. The van der Waals surface area contributed by atoms with Gasteiger partial charge in [-0.3, -0.25) is 9.79 Å². The lowest BCUT2D eigenvalue weighted by atomic mass is 9.93. The van der Waals surface area contributed by atoms with E-state index in [0.717, 1.165) is 30.2 Å². The summed E-state index contributed by atoms with van der Waals surface area (Å²) in [6, 6.07) is 6.54. The predicted octanol–water partition coefficient (Wildman–Crippen LogP) is 2.64. The molecule has 0 unspecified atom stereocenters. The fourth-order valence-corrected chi connectivity index (χ4v) is 2.88. The Hall–Kier alpha value is -1.76. The molecule has 140 valence electrons. The zero-order valence-corrected chi connectivity index (χ0v) is 16.3. The minimum atomic E-state index is -0.546. The molecule has 0 aliphatic carbocycles. The summed E-state index contributed by atoms with van der Waals surface area (Å²) in [6.07, 6.45) is 0.950. The summed E-state index contributed by atoms with van der Waals surface area (Å²) in [4.78, 5) is 17.4. The summed E-state index contributed by atoms with van der Waals surface area (Å²) >= 11 is 1.70. The summed E-state index contributed by atoms with van der Waals surface area (Å²) in [5.41, 5.74) is -0.546. The first-order valence-corrected chi connectivity index (χ1v) is 9.50. The van der Waals surface area contributed by atoms with Gasteiger partial charge in [-0.05, 0) is 57.2 Å². The van der Waals surface area contributed by atoms with Gasteiger partial charge < -0.3 is 16.0 Å². The number of rotatable bonds is 9. The summed E-state index contributed by atoms with van der Waals surface area (Å²) < 4.78 is 12.9. The van der Waals surface area contributed by atoms with Gasteiger partial charge in [0.25, 0.3) is 0 Å². The van der Waals surface area contributed by atoms with Crippen molar-refractivity contribution in [2.75, 3.05) is 32.4 Å². The second kappa shape index (κ2) is 11.0. The van der Waals surface area contributed by atoms with Crippen molar-refractivity contribution in [3.05, 3.63) is 30.1 Å². The molecule has 0 fully saturated rings. The molecular formula is C18H29FN4OS. The summed E-state index contributed by atoms with van der Waals surface area (Å²) in [6.45, 7) is 7.70. The van der Waals surface area contributed by atoms with Crippen molar-refractivity contribution in [3.8, 4) is 0 Å². The Kier molecular flexibility index (Phi) is 9.34. The average Bonchev–Trinajstić information content (AvgIpc) is 2.60. The van der Waals surface area contributed by atoms with Gasteiger partial charge in [0, 0.05) is 25.0 Å². The largest absolute Gasteiger partial charge is 0.359 e. The van der Waals surface area contributed by atoms with Crippen LogP contribution in [0.2, 0.25) is 0 Å². The quantitative estimate of drug-likeness (QED) is 0.271. The zero-order valence-electron chi connectivity index (χ0n) is 15.5. The lowest BCUT2D eigenvalue weighted by molar-refractivity contribution is -0.128.